The Bertz CT molecular complexity index is 582. The molecule has 0 amide bonds. The molecule has 6 N–H and O–H groups in total. The van der Waals surface area contributed by atoms with E-state index in [2.05, 4.69) is 5.32 Å². The highest BCUT2D eigenvalue weighted by Crippen LogP contribution is 2.30. The number of aliphatic hydroxyl groups excluding tert-OH is 1. The van der Waals surface area contributed by atoms with E-state index in [0.717, 1.165) is 0 Å². The van der Waals surface area contributed by atoms with Crippen molar-refractivity contribution >= 4 is 21.4 Å². The molecule has 8 heteroatoms. The molecule has 0 aromatic heterocycles. The average Bonchev–Trinajstić information content (AvgIpc) is 2.41. The highest BCUT2D eigenvalue weighted by molar-refractivity contribution is 7.89. The molecule has 0 spiro atoms. The SMILES string of the molecule is Nc1ccc(NC2(CO)CCOCC2)c(S(N)(=O)=O)c1. The molecule has 112 valence electrons. The fraction of sp³-hybridized carbons (Fsp3) is 0.500. The summed E-state index contributed by atoms with van der Waals surface area (Å²) in [4.78, 5) is -0.0724. The number of nitrogens with two attached hydrogens (primary N) is 2. The molecule has 1 aromatic carbocycles. The smallest absolute Gasteiger partial charge is 0.240 e. The van der Waals surface area contributed by atoms with E-state index in [1.165, 1.54) is 6.07 Å². The monoisotopic (exact) mass is 301 g/mol. The van der Waals surface area contributed by atoms with Gasteiger partial charge in [0, 0.05) is 18.9 Å². The zero-order valence-electron chi connectivity index (χ0n) is 11.0. The first-order chi connectivity index (χ1) is 9.36. The lowest BCUT2D eigenvalue weighted by Gasteiger charge is -2.37. The molecule has 1 aliphatic heterocycles. The van der Waals surface area contributed by atoms with Crippen LogP contribution in [0.25, 0.3) is 0 Å². The summed E-state index contributed by atoms with van der Waals surface area (Å²) in [5.41, 5.74) is 5.66. The van der Waals surface area contributed by atoms with Crippen molar-refractivity contribution in [3.05, 3.63) is 18.2 Å². The summed E-state index contributed by atoms with van der Waals surface area (Å²) >= 11 is 0. The third-order valence-corrected chi connectivity index (χ3v) is 4.42. The van der Waals surface area contributed by atoms with Gasteiger partial charge in [-0.1, -0.05) is 0 Å². The Hall–Kier alpha value is -1.35. The molecule has 20 heavy (non-hydrogen) atoms. The van der Waals surface area contributed by atoms with Crippen LogP contribution in [0.5, 0.6) is 0 Å². The normalized spacial score (nSPS) is 18.7. The molecule has 2 rings (SSSR count). The summed E-state index contributed by atoms with van der Waals surface area (Å²) in [5, 5.41) is 17.9. The number of hydrogen-bond donors (Lipinski definition) is 4. The maximum absolute atomic E-state index is 11.6. The molecule has 1 heterocycles. The Morgan fingerprint density at radius 3 is 2.55 bits per heavy atom. The summed E-state index contributed by atoms with van der Waals surface area (Å²) in [6.45, 7) is 0.894. The van der Waals surface area contributed by atoms with Crippen molar-refractivity contribution in [2.24, 2.45) is 5.14 Å². The molecule has 0 bridgehead atoms. The van der Waals surface area contributed by atoms with Crippen LogP contribution >= 0.6 is 0 Å². The molecule has 1 saturated heterocycles. The quantitative estimate of drug-likeness (QED) is 0.574. The minimum atomic E-state index is -3.90. The molecule has 7 nitrogen and oxygen atoms in total. The fourth-order valence-corrected chi connectivity index (χ4v) is 2.97. The van der Waals surface area contributed by atoms with Crippen LogP contribution in [-0.4, -0.2) is 38.9 Å². The van der Waals surface area contributed by atoms with Gasteiger partial charge in [-0.15, -0.1) is 0 Å². The van der Waals surface area contributed by atoms with Crippen molar-refractivity contribution in [2.75, 3.05) is 30.9 Å². The highest BCUT2D eigenvalue weighted by Gasteiger charge is 2.33. The van der Waals surface area contributed by atoms with Crippen molar-refractivity contribution in [3.8, 4) is 0 Å². The number of sulfonamides is 1. The van der Waals surface area contributed by atoms with E-state index in [1.807, 2.05) is 0 Å². The number of hydrogen-bond acceptors (Lipinski definition) is 6. The Morgan fingerprint density at radius 2 is 2.00 bits per heavy atom. The predicted octanol–water partition coefficient (Wildman–Crippen LogP) is -0.130. The second-order valence-electron chi connectivity index (χ2n) is 4.98. The Morgan fingerprint density at radius 1 is 1.35 bits per heavy atom. The summed E-state index contributed by atoms with van der Waals surface area (Å²) in [5.74, 6) is 0. The number of nitrogens with one attached hydrogen (secondary N) is 1. The van der Waals surface area contributed by atoms with Crippen molar-refractivity contribution in [2.45, 2.75) is 23.3 Å². The molecular weight excluding hydrogens is 282 g/mol. The van der Waals surface area contributed by atoms with Crippen LogP contribution in [0, 0.1) is 0 Å². The molecule has 1 aromatic rings. The lowest BCUT2D eigenvalue weighted by Crippen LogP contribution is -2.47. The van der Waals surface area contributed by atoms with E-state index in [4.69, 9.17) is 15.6 Å². The van der Waals surface area contributed by atoms with Gasteiger partial charge >= 0.3 is 0 Å². The van der Waals surface area contributed by atoms with Gasteiger partial charge in [0.2, 0.25) is 10.0 Å². The van der Waals surface area contributed by atoms with Crippen LogP contribution < -0.4 is 16.2 Å². The van der Waals surface area contributed by atoms with Crippen LogP contribution in [0.4, 0.5) is 11.4 Å². The number of aliphatic hydroxyl groups is 1. The predicted molar refractivity (Wildman–Crippen MR) is 75.7 cm³/mol. The van der Waals surface area contributed by atoms with Gasteiger partial charge in [0.15, 0.2) is 0 Å². The zero-order valence-corrected chi connectivity index (χ0v) is 11.8. The lowest BCUT2D eigenvalue weighted by atomic mass is 9.90. The van der Waals surface area contributed by atoms with E-state index in [0.29, 0.717) is 37.4 Å². The summed E-state index contributed by atoms with van der Waals surface area (Å²) < 4.78 is 28.5. The van der Waals surface area contributed by atoms with E-state index >= 15 is 0 Å². The maximum Gasteiger partial charge on any atom is 0.240 e. The second-order valence-corrected chi connectivity index (χ2v) is 6.51. The first-order valence-corrected chi connectivity index (χ1v) is 7.80. The Balaban J connectivity index is 2.37. The van der Waals surface area contributed by atoms with Crippen LogP contribution in [0.2, 0.25) is 0 Å². The standard InChI is InChI=1S/C12H19N3O4S/c13-9-1-2-10(11(7-9)20(14,17)18)15-12(8-16)3-5-19-6-4-12/h1-2,7,15-16H,3-6,8,13H2,(H2,14,17,18). The van der Waals surface area contributed by atoms with Gasteiger partial charge in [0.1, 0.15) is 4.90 Å². The van der Waals surface area contributed by atoms with E-state index in [1.54, 1.807) is 12.1 Å². The Labute approximate surface area is 118 Å². The van der Waals surface area contributed by atoms with Gasteiger partial charge in [-0.25, -0.2) is 13.6 Å². The zero-order chi connectivity index (χ0) is 14.8. The van der Waals surface area contributed by atoms with Crippen molar-refractivity contribution in [1.29, 1.82) is 0 Å². The average molecular weight is 301 g/mol. The topological polar surface area (TPSA) is 128 Å². The number of nitrogen functional groups attached to an aromatic ring is 1. The summed E-state index contributed by atoms with van der Waals surface area (Å²) in [6.07, 6.45) is 1.16. The molecule has 0 aliphatic carbocycles. The highest BCUT2D eigenvalue weighted by atomic mass is 32.2. The van der Waals surface area contributed by atoms with Crippen LogP contribution in [0.1, 0.15) is 12.8 Å². The van der Waals surface area contributed by atoms with Gasteiger partial charge in [-0.2, -0.15) is 0 Å². The molecule has 0 saturated carbocycles. The van der Waals surface area contributed by atoms with Gasteiger partial charge in [-0.05, 0) is 31.0 Å². The Kier molecular flexibility index (Phi) is 4.19. The number of primary sulfonamides is 1. The van der Waals surface area contributed by atoms with Gasteiger partial charge in [0.25, 0.3) is 0 Å². The minimum absolute atomic E-state index is 0.0724. The molecule has 0 radical (unpaired) electrons. The van der Waals surface area contributed by atoms with Crippen LogP contribution in [-0.2, 0) is 14.8 Å². The summed E-state index contributed by atoms with van der Waals surface area (Å²) in [6, 6.07) is 4.45. The molecule has 1 fully saturated rings. The van der Waals surface area contributed by atoms with Gasteiger partial charge in [-0.3, -0.25) is 0 Å². The number of ether oxygens (including phenoxy) is 1. The first kappa shape index (κ1) is 15.0. The molecule has 0 atom stereocenters. The third kappa shape index (κ3) is 3.21. The first-order valence-electron chi connectivity index (χ1n) is 6.25. The second kappa shape index (κ2) is 5.57. The van der Waals surface area contributed by atoms with E-state index < -0.39 is 15.6 Å². The van der Waals surface area contributed by atoms with E-state index in [9.17, 15) is 13.5 Å². The largest absolute Gasteiger partial charge is 0.399 e. The lowest BCUT2D eigenvalue weighted by molar-refractivity contribution is 0.0379. The van der Waals surface area contributed by atoms with Gasteiger partial charge in [0.05, 0.1) is 17.8 Å². The minimum Gasteiger partial charge on any atom is -0.399 e. The number of anilines is 2. The molecule has 1 aliphatic rings. The number of benzene rings is 1. The van der Waals surface area contributed by atoms with Crippen molar-refractivity contribution in [1.82, 2.24) is 0 Å². The molecular formula is C12H19N3O4S. The van der Waals surface area contributed by atoms with E-state index in [-0.39, 0.29) is 11.5 Å². The number of rotatable bonds is 4. The van der Waals surface area contributed by atoms with Crippen molar-refractivity contribution in [3.63, 3.8) is 0 Å². The summed E-state index contributed by atoms with van der Waals surface area (Å²) in [7, 11) is -3.90. The fourth-order valence-electron chi connectivity index (χ4n) is 2.25. The molecule has 0 unspecified atom stereocenters. The maximum atomic E-state index is 11.6. The third-order valence-electron chi connectivity index (χ3n) is 3.46. The van der Waals surface area contributed by atoms with Crippen LogP contribution in [0.15, 0.2) is 23.1 Å². The van der Waals surface area contributed by atoms with Crippen LogP contribution in [0.3, 0.4) is 0 Å². The van der Waals surface area contributed by atoms with Crippen molar-refractivity contribution < 1.29 is 18.3 Å². The van der Waals surface area contributed by atoms with Gasteiger partial charge < -0.3 is 20.9 Å².